The number of carbonyl (C=O) groups is 2. The average Bonchev–Trinajstić information content (AvgIpc) is 2.36. The third-order valence-corrected chi connectivity index (χ3v) is 3.29. The van der Waals surface area contributed by atoms with Gasteiger partial charge in [0.15, 0.2) is 0 Å². The largest absolute Gasteiger partial charge is 0.481 e. The van der Waals surface area contributed by atoms with E-state index in [9.17, 15) is 22.8 Å². The van der Waals surface area contributed by atoms with Crippen LogP contribution in [0.1, 0.15) is 38.3 Å². The molecule has 1 unspecified atom stereocenters. The number of halogens is 3. The molecule has 0 spiro atoms. The Bertz CT molecular complexity index is 527. The first-order valence-corrected chi connectivity index (χ1v) is 6.66. The van der Waals surface area contributed by atoms with Crippen LogP contribution in [-0.2, 0) is 9.59 Å². The minimum absolute atomic E-state index is 0.401. The van der Waals surface area contributed by atoms with Gasteiger partial charge in [-0.1, -0.05) is 44.2 Å². The molecule has 0 saturated carbocycles. The monoisotopic (exact) mass is 317 g/mol. The van der Waals surface area contributed by atoms with Crippen LogP contribution in [0.15, 0.2) is 30.3 Å². The van der Waals surface area contributed by atoms with E-state index in [2.05, 4.69) is 5.32 Å². The molecule has 0 aromatic heterocycles. The molecule has 2 N–H and O–H groups in total. The van der Waals surface area contributed by atoms with Crippen LogP contribution in [0.4, 0.5) is 13.2 Å². The van der Waals surface area contributed by atoms with Gasteiger partial charge in [-0.2, -0.15) is 13.2 Å². The predicted octanol–water partition coefficient (Wildman–Crippen LogP) is 3.30. The van der Waals surface area contributed by atoms with Gasteiger partial charge in [-0.15, -0.1) is 0 Å². The highest BCUT2D eigenvalue weighted by Gasteiger charge is 2.48. The number of alkyl halides is 3. The van der Waals surface area contributed by atoms with Crippen molar-refractivity contribution >= 4 is 11.9 Å². The van der Waals surface area contributed by atoms with Crippen molar-refractivity contribution in [1.29, 1.82) is 0 Å². The van der Waals surface area contributed by atoms with Gasteiger partial charge in [-0.25, -0.2) is 0 Å². The van der Waals surface area contributed by atoms with E-state index in [0.29, 0.717) is 5.56 Å². The molecule has 4 nitrogen and oxygen atoms in total. The number of benzene rings is 1. The molecule has 0 fully saturated rings. The lowest BCUT2D eigenvalue weighted by Crippen LogP contribution is -2.39. The number of hydrogen-bond donors (Lipinski definition) is 2. The minimum Gasteiger partial charge on any atom is -0.481 e. The molecule has 0 bridgehead atoms. The van der Waals surface area contributed by atoms with Gasteiger partial charge in [0.1, 0.15) is 0 Å². The molecular formula is C15H18F3NO3. The van der Waals surface area contributed by atoms with Gasteiger partial charge in [0.2, 0.25) is 5.91 Å². The van der Waals surface area contributed by atoms with Crippen LogP contribution in [0.3, 0.4) is 0 Å². The number of carboxylic acids is 1. The van der Waals surface area contributed by atoms with E-state index >= 15 is 0 Å². The number of hydrogen-bond acceptors (Lipinski definition) is 2. The van der Waals surface area contributed by atoms with Gasteiger partial charge < -0.3 is 10.4 Å². The Morgan fingerprint density at radius 1 is 1.18 bits per heavy atom. The first-order chi connectivity index (χ1) is 10.0. The van der Waals surface area contributed by atoms with E-state index < -0.39 is 42.4 Å². The van der Waals surface area contributed by atoms with Crippen LogP contribution in [-0.4, -0.2) is 23.2 Å². The summed E-state index contributed by atoms with van der Waals surface area (Å²) in [5.41, 5.74) is -1.65. The summed E-state index contributed by atoms with van der Waals surface area (Å²) in [6, 6.07) is 7.41. The molecule has 0 aliphatic rings. The highest BCUT2D eigenvalue weighted by atomic mass is 19.4. The number of aliphatic carboxylic acids is 1. The van der Waals surface area contributed by atoms with E-state index in [4.69, 9.17) is 5.11 Å². The van der Waals surface area contributed by atoms with Crippen LogP contribution >= 0.6 is 0 Å². The van der Waals surface area contributed by atoms with Crippen LogP contribution in [0.5, 0.6) is 0 Å². The number of rotatable bonds is 6. The minimum atomic E-state index is -4.51. The highest BCUT2D eigenvalue weighted by molar-refractivity contribution is 5.78. The van der Waals surface area contributed by atoms with Gasteiger partial charge >= 0.3 is 12.1 Å². The topological polar surface area (TPSA) is 66.4 Å². The van der Waals surface area contributed by atoms with Crippen LogP contribution < -0.4 is 5.32 Å². The van der Waals surface area contributed by atoms with E-state index in [1.807, 2.05) is 0 Å². The molecule has 1 amide bonds. The number of carbonyl (C=O) groups excluding carboxylic acids is 1. The fraction of sp³-hybridized carbons (Fsp3) is 0.467. The summed E-state index contributed by atoms with van der Waals surface area (Å²) >= 11 is 0. The second-order valence-electron chi connectivity index (χ2n) is 5.69. The first-order valence-electron chi connectivity index (χ1n) is 6.66. The number of carboxylic acid groups (broad SMARTS) is 1. The maximum atomic E-state index is 12.8. The maximum absolute atomic E-state index is 12.8. The molecule has 0 heterocycles. The summed E-state index contributed by atoms with van der Waals surface area (Å²) in [5.74, 6) is -1.98. The Morgan fingerprint density at radius 2 is 1.73 bits per heavy atom. The molecule has 0 saturated heterocycles. The van der Waals surface area contributed by atoms with E-state index in [1.165, 1.54) is 0 Å². The summed E-state index contributed by atoms with van der Waals surface area (Å²) in [6.45, 7) is 1.86. The summed E-state index contributed by atoms with van der Waals surface area (Å²) in [5, 5.41) is 11.3. The lowest BCUT2D eigenvalue weighted by Gasteiger charge is -2.28. The summed E-state index contributed by atoms with van der Waals surface area (Å²) in [4.78, 5) is 22.7. The SMILES string of the molecule is CC(C)(CC(=O)NC(CC(=O)O)c1ccccc1)C(F)(F)F. The Kier molecular flexibility index (Phi) is 5.57. The van der Waals surface area contributed by atoms with E-state index in [-0.39, 0.29) is 0 Å². The van der Waals surface area contributed by atoms with Crippen molar-refractivity contribution in [2.45, 2.75) is 38.9 Å². The van der Waals surface area contributed by atoms with Gasteiger partial charge in [0.25, 0.3) is 0 Å². The Hall–Kier alpha value is -2.05. The van der Waals surface area contributed by atoms with Crippen molar-refractivity contribution in [2.24, 2.45) is 5.41 Å². The van der Waals surface area contributed by atoms with Crippen LogP contribution in [0.2, 0.25) is 0 Å². The number of nitrogens with one attached hydrogen (secondary N) is 1. The van der Waals surface area contributed by atoms with Crippen molar-refractivity contribution in [3.63, 3.8) is 0 Å². The van der Waals surface area contributed by atoms with Crippen molar-refractivity contribution in [2.75, 3.05) is 0 Å². The normalized spacial score (nSPS) is 13.5. The van der Waals surface area contributed by atoms with Gasteiger partial charge in [0.05, 0.1) is 17.9 Å². The van der Waals surface area contributed by atoms with Gasteiger partial charge in [0, 0.05) is 6.42 Å². The lowest BCUT2D eigenvalue weighted by atomic mass is 9.88. The quantitative estimate of drug-likeness (QED) is 0.846. The Balaban J connectivity index is 2.83. The third-order valence-electron chi connectivity index (χ3n) is 3.29. The van der Waals surface area contributed by atoms with Crippen molar-refractivity contribution in [1.82, 2.24) is 5.32 Å². The summed E-state index contributed by atoms with van der Waals surface area (Å²) in [7, 11) is 0. The van der Waals surface area contributed by atoms with Crippen LogP contribution in [0, 0.1) is 5.41 Å². The molecule has 122 valence electrons. The Morgan fingerprint density at radius 3 is 2.18 bits per heavy atom. The molecule has 1 atom stereocenters. The summed E-state index contributed by atoms with van der Waals surface area (Å²) in [6.07, 6.45) is -5.68. The van der Waals surface area contributed by atoms with E-state index in [0.717, 1.165) is 13.8 Å². The standard InChI is InChI=1S/C15H18F3NO3/c1-14(2,15(16,17)18)9-12(20)19-11(8-13(21)22)10-6-4-3-5-7-10/h3-7,11H,8-9H2,1-2H3,(H,19,20)(H,21,22). The van der Waals surface area contributed by atoms with Gasteiger partial charge in [-0.3, -0.25) is 9.59 Å². The molecule has 0 aliphatic heterocycles. The molecule has 0 aliphatic carbocycles. The predicted molar refractivity (Wildman–Crippen MR) is 74.0 cm³/mol. The molecule has 1 aromatic rings. The van der Waals surface area contributed by atoms with Crippen molar-refractivity contribution < 1.29 is 27.9 Å². The lowest BCUT2D eigenvalue weighted by molar-refractivity contribution is -0.213. The van der Waals surface area contributed by atoms with Gasteiger partial charge in [-0.05, 0) is 5.56 Å². The number of amides is 1. The molecule has 1 rings (SSSR count). The first kappa shape index (κ1) is 18.0. The van der Waals surface area contributed by atoms with Crippen molar-refractivity contribution in [3.05, 3.63) is 35.9 Å². The maximum Gasteiger partial charge on any atom is 0.394 e. The van der Waals surface area contributed by atoms with Crippen LogP contribution in [0.25, 0.3) is 0 Å². The zero-order valence-corrected chi connectivity index (χ0v) is 12.3. The second-order valence-corrected chi connectivity index (χ2v) is 5.69. The zero-order valence-electron chi connectivity index (χ0n) is 12.3. The molecule has 1 aromatic carbocycles. The average molecular weight is 317 g/mol. The fourth-order valence-electron chi connectivity index (χ4n) is 1.86. The highest BCUT2D eigenvalue weighted by Crippen LogP contribution is 2.40. The molecule has 22 heavy (non-hydrogen) atoms. The second kappa shape index (κ2) is 6.81. The van der Waals surface area contributed by atoms with E-state index in [1.54, 1.807) is 30.3 Å². The summed E-state index contributed by atoms with van der Waals surface area (Å²) < 4.78 is 38.4. The molecule has 7 heteroatoms. The molecular weight excluding hydrogens is 299 g/mol. The smallest absolute Gasteiger partial charge is 0.394 e. The molecule has 0 radical (unpaired) electrons. The van der Waals surface area contributed by atoms with Crippen molar-refractivity contribution in [3.8, 4) is 0 Å². The Labute approximate surface area is 126 Å². The fourth-order valence-corrected chi connectivity index (χ4v) is 1.86. The third kappa shape index (κ3) is 5.05. The zero-order chi connectivity index (χ0) is 17.0.